The molecule has 0 aromatic heterocycles. The molecule has 0 saturated carbocycles. The maximum Gasteiger partial charge on any atom is 0.226 e. The molecule has 1 saturated heterocycles. The van der Waals surface area contributed by atoms with Crippen molar-refractivity contribution in [3.63, 3.8) is 0 Å². The SMILES string of the molecule is CC(C)CCN(CCC(C)C)C(=O)C1CCS(=O)(=O)C1. The number of hydrogen-bond acceptors (Lipinski definition) is 3. The van der Waals surface area contributed by atoms with E-state index in [1.165, 1.54) is 0 Å². The van der Waals surface area contributed by atoms with E-state index in [1.807, 2.05) is 4.90 Å². The molecule has 1 amide bonds. The van der Waals surface area contributed by atoms with E-state index in [1.54, 1.807) is 0 Å². The fourth-order valence-electron chi connectivity index (χ4n) is 2.41. The molecule has 4 nitrogen and oxygen atoms in total. The topological polar surface area (TPSA) is 54.5 Å². The maximum atomic E-state index is 12.5. The molecule has 1 heterocycles. The average molecular weight is 303 g/mol. The lowest BCUT2D eigenvalue weighted by Gasteiger charge is -2.27. The fourth-order valence-corrected chi connectivity index (χ4v) is 4.14. The van der Waals surface area contributed by atoms with Crippen LogP contribution in [0.5, 0.6) is 0 Å². The van der Waals surface area contributed by atoms with Crippen molar-refractivity contribution in [3.05, 3.63) is 0 Å². The lowest BCUT2D eigenvalue weighted by Crippen LogP contribution is -2.39. The van der Waals surface area contributed by atoms with Crippen molar-refractivity contribution in [2.24, 2.45) is 17.8 Å². The molecule has 20 heavy (non-hydrogen) atoms. The smallest absolute Gasteiger partial charge is 0.226 e. The third-order valence-electron chi connectivity index (χ3n) is 3.85. The number of sulfone groups is 1. The second-order valence-electron chi connectivity index (χ2n) is 6.79. The Morgan fingerprint density at radius 1 is 1.10 bits per heavy atom. The molecule has 0 bridgehead atoms. The number of amides is 1. The zero-order valence-corrected chi connectivity index (χ0v) is 14.1. The number of rotatable bonds is 7. The van der Waals surface area contributed by atoms with Crippen molar-refractivity contribution in [2.45, 2.75) is 47.0 Å². The van der Waals surface area contributed by atoms with E-state index in [-0.39, 0.29) is 23.3 Å². The summed E-state index contributed by atoms with van der Waals surface area (Å²) in [7, 11) is -2.98. The summed E-state index contributed by atoms with van der Waals surface area (Å²) < 4.78 is 23.1. The van der Waals surface area contributed by atoms with Crippen LogP contribution in [0.25, 0.3) is 0 Å². The molecule has 1 rings (SSSR count). The molecular weight excluding hydrogens is 274 g/mol. The first-order valence-corrected chi connectivity index (χ1v) is 9.52. The summed E-state index contributed by atoms with van der Waals surface area (Å²) in [6.07, 6.45) is 2.45. The van der Waals surface area contributed by atoms with Gasteiger partial charge in [0.2, 0.25) is 5.91 Å². The Morgan fingerprint density at radius 3 is 1.95 bits per heavy atom. The van der Waals surface area contributed by atoms with Gasteiger partial charge in [-0.15, -0.1) is 0 Å². The number of carbonyl (C=O) groups excluding carboxylic acids is 1. The van der Waals surface area contributed by atoms with Crippen LogP contribution >= 0.6 is 0 Å². The molecule has 1 unspecified atom stereocenters. The molecule has 5 heteroatoms. The largest absolute Gasteiger partial charge is 0.342 e. The highest BCUT2D eigenvalue weighted by atomic mass is 32.2. The van der Waals surface area contributed by atoms with Crippen molar-refractivity contribution in [1.82, 2.24) is 4.90 Å². The summed E-state index contributed by atoms with van der Waals surface area (Å²) in [5.41, 5.74) is 0. The van der Waals surface area contributed by atoms with E-state index in [2.05, 4.69) is 27.7 Å². The Hall–Kier alpha value is -0.580. The number of hydrogen-bond donors (Lipinski definition) is 0. The standard InChI is InChI=1S/C15H29NO3S/c1-12(2)5-8-16(9-6-13(3)4)15(17)14-7-10-20(18,19)11-14/h12-14H,5-11H2,1-4H3. The molecule has 118 valence electrons. The Kier molecular flexibility index (Phi) is 6.49. The molecule has 0 aliphatic carbocycles. The zero-order chi connectivity index (χ0) is 15.3. The van der Waals surface area contributed by atoms with Crippen molar-refractivity contribution in [2.75, 3.05) is 24.6 Å². The van der Waals surface area contributed by atoms with Gasteiger partial charge in [0.25, 0.3) is 0 Å². The van der Waals surface area contributed by atoms with Gasteiger partial charge in [0.1, 0.15) is 0 Å². The van der Waals surface area contributed by atoms with Crippen LogP contribution in [0.3, 0.4) is 0 Å². The van der Waals surface area contributed by atoms with Crippen LogP contribution in [-0.2, 0) is 14.6 Å². The van der Waals surface area contributed by atoms with E-state index in [0.717, 1.165) is 25.9 Å². The predicted molar refractivity (Wildman–Crippen MR) is 82.3 cm³/mol. The van der Waals surface area contributed by atoms with Crippen LogP contribution in [0, 0.1) is 17.8 Å². The third-order valence-corrected chi connectivity index (χ3v) is 5.61. The summed E-state index contributed by atoms with van der Waals surface area (Å²) >= 11 is 0. The third kappa shape index (κ3) is 5.81. The highest BCUT2D eigenvalue weighted by Crippen LogP contribution is 2.21. The molecular formula is C15H29NO3S. The van der Waals surface area contributed by atoms with Gasteiger partial charge in [-0.3, -0.25) is 4.79 Å². The van der Waals surface area contributed by atoms with Gasteiger partial charge < -0.3 is 4.90 Å². The van der Waals surface area contributed by atoms with Crippen LogP contribution < -0.4 is 0 Å². The van der Waals surface area contributed by atoms with Gasteiger partial charge >= 0.3 is 0 Å². The van der Waals surface area contributed by atoms with Crippen LogP contribution in [0.15, 0.2) is 0 Å². The first-order chi connectivity index (χ1) is 9.21. The zero-order valence-electron chi connectivity index (χ0n) is 13.3. The molecule has 0 spiro atoms. The Labute approximate surface area is 123 Å². The van der Waals surface area contributed by atoms with E-state index in [4.69, 9.17) is 0 Å². The average Bonchev–Trinajstić information content (AvgIpc) is 2.68. The Morgan fingerprint density at radius 2 is 1.60 bits per heavy atom. The molecule has 1 aliphatic heterocycles. The summed E-state index contributed by atoms with van der Waals surface area (Å²) in [6.45, 7) is 10.1. The molecule has 0 N–H and O–H groups in total. The van der Waals surface area contributed by atoms with Crippen LogP contribution in [0.2, 0.25) is 0 Å². The summed E-state index contributed by atoms with van der Waals surface area (Å²) in [5.74, 6) is 1.07. The van der Waals surface area contributed by atoms with Crippen molar-refractivity contribution in [3.8, 4) is 0 Å². The maximum absolute atomic E-state index is 12.5. The monoisotopic (exact) mass is 303 g/mol. The predicted octanol–water partition coefficient (Wildman–Crippen LogP) is 2.34. The van der Waals surface area contributed by atoms with E-state index >= 15 is 0 Å². The minimum Gasteiger partial charge on any atom is -0.342 e. The highest BCUT2D eigenvalue weighted by molar-refractivity contribution is 7.91. The second-order valence-corrected chi connectivity index (χ2v) is 9.02. The van der Waals surface area contributed by atoms with Gasteiger partial charge in [-0.05, 0) is 31.1 Å². The first kappa shape index (κ1) is 17.5. The van der Waals surface area contributed by atoms with Gasteiger partial charge in [-0.1, -0.05) is 27.7 Å². The van der Waals surface area contributed by atoms with Crippen LogP contribution in [0.1, 0.15) is 47.0 Å². The quantitative estimate of drug-likeness (QED) is 0.725. The lowest BCUT2D eigenvalue weighted by molar-refractivity contribution is -0.135. The second kappa shape index (κ2) is 7.43. The Bertz CT molecular complexity index is 403. The first-order valence-electron chi connectivity index (χ1n) is 7.70. The van der Waals surface area contributed by atoms with E-state index < -0.39 is 9.84 Å². The molecule has 0 radical (unpaired) electrons. The molecule has 0 aromatic carbocycles. The molecule has 1 fully saturated rings. The molecule has 1 aliphatic rings. The highest BCUT2D eigenvalue weighted by Gasteiger charge is 2.35. The molecule has 0 aromatic rings. The fraction of sp³-hybridized carbons (Fsp3) is 0.933. The molecule has 1 atom stereocenters. The summed E-state index contributed by atoms with van der Waals surface area (Å²) in [5, 5.41) is 0. The minimum atomic E-state index is -2.98. The summed E-state index contributed by atoms with van der Waals surface area (Å²) in [6, 6.07) is 0. The van der Waals surface area contributed by atoms with Crippen LogP contribution in [-0.4, -0.2) is 43.8 Å². The van der Waals surface area contributed by atoms with Crippen molar-refractivity contribution >= 4 is 15.7 Å². The number of carbonyl (C=O) groups is 1. The van der Waals surface area contributed by atoms with Gasteiger partial charge in [0.05, 0.1) is 17.4 Å². The number of nitrogens with zero attached hydrogens (tertiary/aromatic N) is 1. The Balaban J connectivity index is 2.63. The van der Waals surface area contributed by atoms with Gasteiger partial charge in [-0.25, -0.2) is 8.42 Å². The van der Waals surface area contributed by atoms with Gasteiger partial charge in [0, 0.05) is 13.1 Å². The lowest BCUT2D eigenvalue weighted by atomic mass is 10.0. The van der Waals surface area contributed by atoms with Crippen molar-refractivity contribution in [1.29, 1.82) is 0 Å². The van der Waals surface area contributed by atoms with Gasteiger partial charge in [0.15, 0.2) is 9.84 Å². The van der Waals surface area contributed by atoms with E-state index in [9.17, 15) is 13.2 Å². The van der Waals surface area contributed by atoms with Crippen molar-refractivity contribution < 1.29 is 13.2 Å². The summed E-state index contributed by atoms with van der Waals surface area (Å²) in [4.78, 5) is 14.4. The van der Waals surface area contributed by atoms with Gasteiger partial charge in [-0.2, -0.15) is 0 Å². The minimum absolute atomic E-state index is 0.0473. The normalized spacial score (nSPS) is 21.6. The van der Waals surface area contributed by atoms with E-state index in [0.29, 0.717) is 18.3 Å². The van der Waals surface area contributed by atoms with Crippen LogP contribution in [0.4, 0.5) is 0 Å².